The van der Waals surface area contributed by atoms with Crippen molar-refractivity contribution >= 4 is 44.8 Å². The van der Waals surface area contributed by atoms with Crippen molar-refractivity contribution in [3.05, 3.63) is 63.6 Å². The van der Waals surface area contributed by atoms with Gasteiger partial charge in [0.1, 0.15) is 0 Å². The molecule has 1 aliphatic rings. The van der Waals surface area contributed by atoms with Crippen molar-refractivity contribution in [3.63, 3.8) is 0 Å². The standard InChI is InChI=1S/C19H20Cl2N2O3S/c20-15-5-3-4-14(12-15)8-9-22-19(24)17-7-6-16(13-18(17)21)23-10-1-2-11-27(23,25)26/h3-7,12-13H,1-2,8-11H2,(H,22,24). The number of rotatable bonds is 5. The third kappa shape index (κ3) is 4.94. The van der Waals surface area contributed by atoms with E-state index >= 15 is 0 Å². The van der Waals surface area contributed by atoms with Crippen molar-refractivity contribution in [2.45, 2.75) is 19.3 Å². The van der Waals surface area contributed by atoms with Gasteiger partial charge in [-0.05, 0) is 55.2 Å². The minimum absolute atomic E-state index is 0.135. The molecule has 0 aromatic heterocycles. The molecule has 0 spiro atoms. The van der Waals surface area contributed by atoms with Crippen LogP contribution in [0.15, 0.2) is 42.5 Å². The van der Waals surface area contributed by atoms with Gasteiger partial charge in [-0.25, -0.2) is 8.42 Å². The van der Waals surface area contributed by atoms with Gasteiger partial charge in [-0.1, -0.05) is 35.3 Å². The molecular weight excluding hydrogens is 407 g/mol. The second-order valence-corrected chi connectivity index (χ2v) is 9.25. The molecule has 1 amide bonds. The van der Waals surface area contributed by atoms with Gasteiger partial charge in [-0.3, -0.25) is 9.10 Å². The van der Waals surface area contributed by atoms with Gasteiger partial charge in [0.15, 0.2) is 0 Å². The van der Waals surface area contributed by atoms with Gasteiger partial charge < -0.3 is 5.32 Å². The highest BCUT2D eigenvalue weighted by atomic mass is 35.5. The Bertz CT molecular complexity index is 948. The predicted octanol–water partition coefficient (Wildman–Crippen LogP) is 3.90. The minimum Gasteiger partial charge on any atom is -0.352 e. The number of sulfonamides is 1. The fourth-order valence-electron chi connectivity index (χ4n) is 3.03. The number of halogens is 2. The first kappa shape index (κ1) is 20.0. The molecule has 0 bridgehead atoms. The second-order valence-electron chi connectivity index (χ2n) is 6.40. The lowest BCUT2D eigenvalue weighted by atomic mass is 10.1. The number of hydrogen-bond donors (Lipinski definition) is 1. The molecule has 1 saturated heterocycles. The first-order valence-electron chi connectivity index (χ1n) is 8.69. The molecule has 1 fully saturated rings. The van der Waals surface area contributed by atoms with Crippen LogP contribution >= 0.6 is 23.2 Å². The number of anilines is 1. The Morgan fingerprint density at radius 1 is 1.11 bits per heavy atom. The lowest BCUT2D eigenvalue weighted by Gasteiger charge is -2.28. The van der Waals surface area contributed by atoms with E-state index in [4.69, 9.17) is 23.2 Å². The summed E-state index contributed by atoms with van der Waals surface area (Å²) in [5.74, 6) is -0.161. The van der Waals surface area contributed by atoms with Gasteiger partial charge in [0, 0.05) is 18.1 Å². The van der Waals surface area contributed by atoms with Gasteiger partial charge in [0.25, 0.3) is 5.91 Å². The van der Waals surface area contributed by atoms with Crippen LogP contribution in [0.4, 0.5) is 5.69 Å². The zero-order valence-corrected chi connectivity index (χ0v) is 16.9. The summed E-state index contributed by atoms with van der Waals surface area (Å²) >= 11 is 12.2. The van der Waals surface area contributed by atoms with Crippen LogP contribution in [-0.2, 0) is 16.4 Å². The maximum absolute atomic E-state index is 12.4. The first-order valence-corrected chi connectivity index (χ1v) is 11.1. The monoisotopic (exact) mass is 426 g/mol. The number of hydrogen-bond acceptors (Lipinski definition) is 3. The highest BCUT2D eigenvalue weighted by Gasteiger charge is 2.26. The highest BCUT2D eigenvalue weighted by molar-refractivity contribution is 7.92. The van der Waals surface area contributed by atoms with E-state index in [2.05, 4.69) is 5.32 Å². The van der Waals surface area contributed by atoms with Crippen molar-refractivity contribution in [2.24, 2.45) is 0 Å². The SMILES string of the molecule is O=C(NCCc1cccc(Cl)c1)c1ccc(N2CCCCS2(=O)=O)cc1Cl. The van der Waals surface area contributed by atoms with Crippen LogP contribution in [0.1, 0.15) is 28.8 Å². The van der Waals surface area contributed by atoms with Crippen LogP contribution in [-0.4, -0.2) is 33.2 Å². The molecule has 27 heavy (non-hydrogen) atoms. The minimum atomic E-state index is -3.31. The van der Waals surface area contributed by atoms with Gasteiger partial charge in [-0.2, -0.15) is 0 Å². The van der Waals surface area contributed by atoms with Crippen LogP contribution in [0.25, 0.3) is 0 Å². The van der Waals surface area contributed by atoms with E-state index in [1.54, 1.807) is 18.2 Å². The molecular formula is C19H20Cl2N2O3S. The zero-order valence-electron chi connectivity index (χ0n) is 14.6. The van der Waals surface area contributed by atoms with Gasteiger partial charge in [0.2, 0.25) is 10.0 Å². The number of amides is 1. The Labute approximate surface area is 169 Å². The van der Waals surface area contributed by atoms with Crippen LogP contribution in [0.3, 0.4) is 0 Å². The summed E-state index contributed by atoms with van der Waals surface area (Å²) in [5.41, 5.74) is 1.84. The molecule has 1 aliphatic heterocycles. The van der Waals surface area contributed by atoms with Crippen LogP contribution in [0.2, 0.25) is 10.0 Å². The Hall–Kier alpha value is -1.76. The van der Waals surface area contributed by atoms with E-state index in [1.165, 1.54) is 10.4 Å². The average molecular weight is 427 g/mol. The predicted molar refractivity (Wildman–Crippen MR) is 109 cm³/mol. The second kappa shape index (κ2) is 8.50. The van der Waals surface area contributed by atoms with Gasteiger partial charge >= 0.3 is 0 Å². The number of carbonyl (C=O) groups is 1. The van der Waals surface area contributed by atoms with E-state index < -0.39 is 10.0 Å². The number of nitrogens with one attached hydrogen (secondary N) is 1. The Balaban J connectivity index is 1.65. The topological polar surface area (TPSA) is 66.5 Å². The number of benzene rings is 2. The van der Waals surface area contributed by atoms with E-state index in [-0.39, 0.29) is 16.7 Å². The molecule has 1 heterocycles. The van der Waals surface area contributed by atoms with Crippen LogP contribution < -0.4 is 9.62 Å². The maximum atomic E-state index is 12.4. The van der Waals surface area contributed by atoms with Gasteiger partial charge in [-0.15, -0.1) is 0 Å². The summed E-state index contributed by atoms with van der Waals surface area (Å²) in [7, 11) is -3.31. The van der Waals surface area contributed by atoms with E-state index in [9.17, 15) is 13.2 Å². The lowest BCUT2D eigenvalue weighted by Crippen LogP contribution is -2.37. The molecule has 2 aromatic rings. The molecule has 0 saturated carbocycles. The van der Waals surface area contributed by atoms with E-state index in [0.29, 0.717) is 42.2 Å². The quantitative estimate of drug-likeness (QED) is 0.787. The van der Waals surface area contributed by atoms with Crippen molar-refractivity contribution in [3.8, 4) is 0 Å². The molecule has 0 atom stereocenters. The fourth-order valence-corrected chi connectivity index (χ4v) is 5.14. The smallest absolute Gasteiger partial charge is 0.252 e. The summed E-state index contributed by atoms with van der Waals surface area (Å²) in [5, 5.41) is 3.71. The summed E-state index contributed by atoms with van der Waals surface area (Å²) in [6, 6.07) is 12.2. The van der Waals surface area contributed by atoms with E-state index in [1.807, 2.05) is 18.2 Å². The van der Waals surface area contributed by atoms with Crippen molar-refractivity contribution in [1.82, 2.24) is 5.32 Å². The summed E-state index contributed by atoms with van der Waals surface area (Å²) in [6.45, 7) is 0.877. The van der Waals surface area contributed by atoms with Crippen molar-refractivity contribution in [1.29, 1.82) is 0 Å². The Morgan fingerprint density at radius 3 is 2.63 bits per heavy atom. The summed E-state index contributed by atoms with van der Waals surface area (Å²) in [4.78, 5) is 12.4. The zero-order chi connectivity index (χ0) is 19.4. The third-order valence-corrected chi connectivity index (χ3v) is 6.84. The lowest BCUT2D eigenvalue weighted by molar-refractivity contribution is 0.0954. The molecule has 5 nitrogen and oxygen atoms in total. The molecule has 0 unspecified atom stereocenters. The first-order chi connectivity index (χ1) is 12.9. The highest BCUT2D eigenvalue weighted by Crippen LogP contribution is 2.28. The maximum Gasteiger partial charge on any atom is 0.252 e. The van der Waals surface area contributed by atoms with Crippen molar-refractivity contribution < 1.29 is 13.2 Å². The van der Waals surface area contributed by atoms with Crippen molar-refractivity contribution in [2.75, 3.05) is 23.1 Å². The Kier molecular flexibility index (Phi) is 6.29. The number of nitrogens with zero attached hydrogens (tertiary/aromatic N) is 1. The van der Waals surface area contributed by atoms with Crippen LogP contribution in [0.5, 0.6) is 0 Å². The normalized spacial score (nSPS) is 16.1. The molecule has 0 aliphatic carbocycles. The summed E-state index contributed by atoms with van der Waals surface area (Å²) in [6.07, 6.45) is 2.12. The average Bonchev–Trinajstić information content (AvgIpc) is 2.61. The largest absolute Gasteiger partial charge is 0.352 e. The third-order valence-electron chi connectivity index (χ3n) is 4.42. The molecule has 3 rings (SSSR count). The summed E-state index contributed by atoms with van der Waals surface area (Å²) < 4.78 is 25.8. The molecule has 1 N–H and O–H groups in total. The molecule has 2 aromatic carbocycles. The van der Waals surface area contributed by atoms with Gasteiger partial charge in [0.05, 0.1) is 22.0 Å². The van der Waals surface area contributed by atoms with Crippen LogP contribution in [0, 0.1) is 0 Å². The number of carbonyl (C=O) groups excluding carboxylic acids is 1. The molecule has 0 radical (unpaired) electrons. The Morgan fingerprint density at radius 2 is 1.93 bits per heavy atom. The molecule has 8 heteroatoms. The fraction of sp³-hybridized carbons (Fsp3) is 0.316. The van der Waals surface area contributed by atoms with E-state index in [0.717, 1.165) is 12.0 Å². The molecule has 144 valence electrons.